The van der Waals surface area contributed by atoms with Gasteiger partial charge in [-0.05, 0) is 13.8 Å². The number of carbonyl (C=O) groups is 2. The second kappa shape index (κ2) is 9.25. The van der Waals surface area contributed by atoms with Crippen LogP contribution >= 0.6 is 0 Å². The Labute approximate surface area is 159 Å². The van der Waals surface area contributed by atoms with Crippen LogP contribution < -0.4 is 22.8 Å². The minimum absolute atomic E-state index is 0.0641. The standard InChI is InChI=1S/C15H23N7O6/c1-7(16)13(24)27-4-9(28-14(25)8(2)17)3-26-6-22-5-19-10-11(22)20-15(18)21-12(10)23/h5,7-9H,3-4,6,16-17H2,1-2H3,(H3,18,20,21,23). The number of imidazole rings is 1. The summed E-state index contributed by atoms with van der Waals surface area (Å²) in [5.74, 6) is -1.40. The Morgan fingerprint density at radius 1 is 1.21 bits per heavy atom. The number of anilines is 1. The number of H-pyrrole nitrogens is 1. The summed E-state index contributed by atoms with van der Waals surface area (Å²) in [6.07, 6.45) is 0.447. The van der Waals surface area contributed by atoms with Crippen molar-refractivity contribution in [3.63, 3.8) is 0 Å². The van der Waals surface area contributed by atoms with Gasteiger partial charge in [-0.3, -0.25) is 23.9 Å². The first-order chi connectivity index (χ1) is 13.2. The van der Waals surface area contributed by atoms with Crippen molar-refractivity contribution in [3.05, 3.63) is 16.7 Å². The fraction of sp³-hybridized carbons (Fsp3) is 0.533. The van der Waals surface area contributed by atoms with Gasteiger partial charge in [-0.2, -0.15) is 4.98 Å². The summed E-state index contributed by atoms with van der Waals surface area (Å²) < 4.78 is 17.1. The molecule has 0 bridgehead atoms. The van der Waals surface area contributed by atoms with E-state index in [1.165, 1.54) is 24.7 Å². The number of nitrogens with zero attached hydrogens (tertiary/aromatic N) is 3. The fourth-order valence-electron chi connectivity index (χ4n) is 2.04. The Balaban J connectivity index is 2.01. The molecule has 2 aromatic rings. The van der Waals surface area contributed by atoms with Crippen molar-refractivity contribution in [1.29, 1.82) is 0 Å². The summed E-state index contributed by atoms with van der Waals surface area (Å²) in [6.45, 7) is 2.48. The number of rotatable bonds is 9. The first-order valence-electron chi connectivity index (χ1n) is 8.35. The number of nitrogen functional groups attached to an aromatic ring is 1. The number of carbonyl (C=O) groups excluding carboxylic acids is 2. The molecule has 0 aliphatic rings. The van der Waals surface area contributed by atoms with Crippen LogP contribution in [0.4, 0.5) is 5.95 Å². The van der Waals surface area contributed by atoms with Gasteiger partial charge in [0.15, 0.2) is 17.3 Å². The topological polar surface area (TPSA) is 203 Å². The van der Waals surface area contributed by atoms with E-state index in [4.69, 9.17) is 31.4 Å². The van der Waals surface area contributed by atoms with Crippen molar-refractivity contribution in [1.82, 2.24) is 19.5 Å². The summed E-state index contributed by atoms with van der Waals surface area (Å²) in [7, 11) is 0. The molecule has 2 rings (SSSR count). The quantitative estimate of drug-likeness (QED) is 0.335. The maximum Gasteiger partial charge on any atom is 0.323 e. The van der Waals surface area contributed by atoms with Gasteiger partial charge in [0.05, 0.1) is 12.9 Å². The highest BCUT2D eigenvalue weighted by Gasteiger charge is 2.21. The normalized spacial score (nSPS) is 14.4. The highest BCUT2D eigenvalue weighted by molar-refractivity contribution is 5.76. The third kappa shape index (κ3) is 5.48. The second-order valence-corrected chi connectivity index (χ2v) is 6.10. The number of ether oxygens (including phenoxy) is 3. The highest BCUT2D eigenvalue weighted by atomic mass is 16.6. The van der Waals surface area contributed by atoms with E-state index in [0.717, 1.165) is 0 Å². The first-order valence-corrected chi connectivity index (χ1v) is 8.35. The maximum absolute atomic E-state index is 11.8. The van der Waals surface area contributed by atoms with Crippen molar-refractivity contribution < 1.29 is 23.8 Å². The van der Waals surface area contributed by atoms with Crippen LogP contribution in [-0.2, 0) is 30.5 Å². The molecule has 3 atom stereocenters. The van der Waals surface area contributed by atoms with Crippen molar-refractivity contribution >= 4 is 29.1 Å². The second-order valence-electron chi connectivity index (χ2n) is 6.10. The Hall–Kier alpha value is -3.03. The Kier molecular flexibility index (Phi) is 7.03. The van der Waals surface area contributed by atoms with Gasteiger partial charge in [0.1, 0.15) is 25.4 Å². The number of aromatic nitrogens is 4. The average Bonchev–Trinajstić information content (AvgIpc) is 3.02. The van der Waals surface area contributed by atoms with Gasteiger partial charge >= 0.3 is 11.9 Å². The Morgan fingerprint density at radius 2 is 1.89 bits per heavy atom. The molecule has 0 amide bonds. The minimum atomic E-state index is -0.905. The lowest BCUT2D eigenvalue weighted by Gasteiger charge is -2.20. The number of nitrogens with one attached hydrogen (secondary N) is 1. The molecule has 154 valence electrons. The zero-order valence-corrected chi connectivity index (χ0v) is 15.5. The van der Waals surface area contributed by atoms with E-state index in [2.05, 4.69) is 15.0 Å². The van der Waals surface area contributed by atoms with Crippen molar-refractivity contribution in [3.8, 4) is 0 Å². The molecule has 0 fully saturated rings. The smallest absolute Gasteiger partial charge is 0.323 e. The molecule has 0 saturated carbocycles. The van der Waals surface area contributed by atoms with Gasteiger partial charge in [0.2, 0.25) is 5.95 Å². The van der Waals surface area contributed by atoms with Crippen LogP contribution in [0.15, 0.2) is 11.1 Å². The lowest BCUT2D eigenvalue weighted by Crippen LogP contribution is -2.38. The molecule has 2 heterocycles. The average molecular weight is 397 g/mol. The number of nitrogens with two attached hydrogens (primary N) is 3. The van der Waals surface area contributed by atoms with Crippen LogP contribution in [0.25, 0.3) is 11.2 Å². The minimum Gasteiger partial charge on any atom is -0.460 e. The number of esters is 2. The molecule has 7 N–H and O–H groups in total. The van der Waals surface area contributed by atoms with E-state index in [0.29, 0.717) is 0 Å². The summed E-state index contributed by atoms with van der Waals surface area (Å²) >= 11 is 0. The van der Waals surface area contributed by atoms with E-state index in [9.17, 15) is 14.4 Å². The van der Waals surface area contributed by atoms with Crippen LogP contribution in [0.1, 0.15) is 13.8 Å². The zero-order chi connectivity index (χ0) is 20.8. The van der Waals surface area contributed by atoms with Crippen LogP contribution in [0.2, 0.25) is 0 Å². The molecule has 0 spiro atoms. The van der Waals surface area contributed by atoms with Crippen molar-refractivity contribution in [2.75, 3.05) is 18.9 Å². The van der Waals surface area contributed by atoms with E-state index >= 15 is 0 Å². The number of hydrogen-bond donors (Lipinski definition) is 4. The van der Waals surface area contributed by atoms with Gasteiger partial charge in [-0.25, -0.2) is 4.98 Å². The molecule has 0 aliphatic carbocycles. The zero-order valence-electron chi connectivity index (χ0n) is 15.5. The molecule has 0 saturated heterocycles. The molecule has 0 aromatic carbocycles. The predicted octanol–water partition coefficient (Wildman–Crippen LogP) is -2.17. The Bertz CT molecular complexity index is 891. The maximum atomic E-state index is 11.8. The molecule has 0 aliphatic heterocycles. The van der Waals surface area contributed by atoms with E-state index in [1.54, 1.807) is 0 Å². The largest absolute Gasteiger partial charge is 0.460 e. The summed E-state index contributed by atoms with van der Waals surface area (Å²) in [6, 6.07) is -1.68. The fourth-order valence-corrected chi connectivity index (χ4v) is 2.04. The van der Waals surface area contributed by atoms with Gasteiger partial charge in [0.25, 0.3) is 5.56 Å². The molecular weight excluding hydrogens is 374 g/mol. The lowest BCUT2D eigenvalue weighted by molar-refractivity contribution is -0.164. The van der Waals surface area contributed by atoms with Crippen LogP contribution in [-0.4, -0.2) is 62.9 Å². The Morgan fingerprint density at radius 3 is 2.54 bits per heavy atom. The van der Waals surface area contributed by atoms with Gasteiger partial charge in [-0.15, -0.1) is 0 Å². The summed E-state index contributed by atoms with van der Waals surface area (Å²) in [4.78, 5) is 45.3. The van der Waals surface area contributed by atoms with Crippen LogP contribution in [0, 0.1) is 0 Å². The van der Waals surface area contributed by atoms with E-state index < -0.39 is 35.7 Å². The molecule has 28 heavy (non-hydrogen) atoms. The van der Waals surface area contributed by atoms with Gasteiger partial charge < -0.3 is 31.4 Å². The van der Waals surface area contributed by atoms with Gasteiger partial charge in [-0.1, -0.05) is 0 Å². The third-order valence-electron chi connectivity index (χ3n) is 3.47. The predicted molar refractivity (Wildman–Crippen MR) is 96.7 cm³/mol. The van der Waals surface area contributed by atoms with Gasteiger partial charge in [0, 0.05) is 0 Å². The molecule has 13 heteroatoms. The summed E-state index contributed by atoms with van der Waals surface area (Å²) in [5, 5.41) is 0. The SMILES string of the molecule is CC(N)C(=O)OCC(COCn1cnc2c(=O)[nH]c(N)nc21)OC(=O)C(C)N. The number of fused-ring (bicyclic) bond motifs is 1. The lowest BCUT2D eigenvalue weighted by atomic mass is 10.3. The van der Waals surface area contributed by atoms with E-state index in [1.807, 2.05) is 0 Å². The number of hydrogen-bond acceptors (Lipinski definition) is 11. The number of aromatic amines is 1. The van der Waals surface area contributed by atoms with Crippen LogP contribution in [0.3, 0.4) is 0 Å². The first kappa shape index (κ1) is 21.3. The van der Waals surface area contributed by atoms with Crippen LogP contribution in [0.5, 0.6) is 0 Å². The molecule has 0 radical (unpaired) electrons. The molecular formula is C15H23N7O6. The van der Waals surface area contributed by atoms with Crippen molar-refractivity contribution in [2.24, 2.45) is 11.5 Å². The molecule has 13 nitrogen and oxygen atoms in total. The molecule has 3 unspecified atom stereocenters. The van der Waals surface area contributed by atoms with E-state index in [-0.39, 0.29) is 37.1 Å². The summed E-state index contributed by atoms with van der Waals surface area (Å²) in [5.41, 5.74) is 16.3. The monoisotopic (exact) mass is 397 g/mol. The highest BCUT2D eigenvalue weighted by Crippen LogP contribution is 2.07. The van der Waals surface area contributed by atoms with Crippen molar-refractivity contribution in [2.45, 2.75) is 38.8 Å². The third-order valence-corrected chi connectivity index (χ3v) is 3.47. The molecule has 2 aromatic heterocycles.